The third-order valence-electron chi connectivity index (χ3n) is 4.81. The third kappa shape index (κ3) is 4.28. The summed E-state index contributed by atoms with van der Waals surface area (Å²) >= 11 is 0. The van der Waals surface area contributed by atoms with Gasteiger partial charge in [-0.3, -0.25) is 4.79 Å². The zero-order valence-electron chi connectivity index (χ0n) is 16.1. The molecule has 1 heterocycles. The van der Waals surface area contributed by atoms with Crippen LogP contribution in [0.3, 0.4) is 0 Å². The topological polar surface area (TPSA) is 92.9 Å². The lowest BCUT2D eigenvalue weighted by Crippen LogP contribution is -2.49. The zero-order chi connectivity index (χ0) is 20.3. The van der Waals surface area contributed by atoms with Crippen LogP contribution in [0, 0.1) is 6.92 Å². The van der Waals surface area contributed by atoms with Crippen LogP contribution >= 0.6 is 0 Å². The molecule has 0 aliphatic carbocycles. The number of primary sulfonamides is 1. The molecule has 1 fully saturated rings. The van der Waals surface area contributed by atoms with E-state index < -0.39 is 10.0 Å². The number of piperazine rings is 1. The fourth-order valence-electron chi connectivity index (χ4n) is 3.37. The number of sulfonamides is 1. The molecule has 0 bridgehead atoms. The van der Waals surface area contributed by atoms with Gasteiger partial charge in [0.2, 0.25) is 10.0 Å². The molecule has 1 aliphatic heterocycles. The second-order valence-electron chi connectivity index (χ2n) is 6.71. The van der Waals surface area contributed by atoms with Crippen molar-refractivity contribution < 1.29 is 17.9 Å². The van der Waals surface area contributed by atoms with Gasteiger partial charge in [-0.05, 0) is 43.7 Å². The Bertz CT molecular complexity index is 967. The van der Waals surface area contributed by atoms with Crippen LogP contribution in [0.4, 0.5) is 5.69 Å². The normalized spacial score (nSPS) is 14.8. The standard InChI is InChI=1S/C20H25N3O4S/c1-3-27-18-7-5-4-6-17(18)22-10-12-23(13-11-22)20(24)16-9-8-15(2)19(14-16)28(21,25)26/h4-9,14H,3,10-13H2,1-2H3,(H2,21,25,26). The molecule has 1 saturated heterocycles. The Morgan fingerprint density at radius 2 is 1.79 bits per heavy atom. The average molecular weight is 404 g/mol. The third-order valence-corrected chi connectivity index (χ3v) is 5.87. The molecular weight excluding hydrogens is 378 g/mol. The molecule has 8 heteroatoms. The summed E-state index contributed by atoms with van der Waals surface area (Å²) in [7, 11) is -3.87. The Morgan fingerprint density at radius 3 is 2.43 bits per heavy atom. The van der Waals surface area contributed by atoms with Crippen LogP contribution in [-0.4, -0.2) is 52.0 Å². The van der Waals surface area contributed by atoms with Crippen LogP contribution in [0.15, 0.2) is 47.4 Å². The minimum absolute atomic E-state index is 0.0115. The van der Waals surface area contributed by atoms with E-state index in [1.165, 1.54) is 6.07 Å². The summed E-state index contributed by atoms with van der Waals surface area (Å²) in [5.41, 5.74) is 1.87. The molecule has 0 radical (unpaired) electrons. The van der Waals surface area contributed by atoms with E-state index in [1.807, 2.05) is 31.2 Å². The van der Waals surface area contributed by atoms with Gasteiger partial charge in [-0.15, -0.1) is 0 Å². The molecule has 1 aliphatic rings. The quantitative estimate of drug-likeness (QED) is 0.824. The SMILES string of the molecule is CCOc1ccccc1N1CCN(C(=O)c2ccc(C)c(S(N)(=O)=O)c2)CC1. The van der Waals surface area contributed by atoms with Gasteiger partial charge >= 0.3 is 0 Å². The Hall–Kier alpha value is -2.58. The molecule has 0 atom stereocenters. The largest absolute Gasteiger partial charge is 0.492 e. The Labute approximate surface area is 165 Å². The fourth-order valence-corrected chi connectivity index (χ4v) is 4.18. The zero-order valence-corrected chi connectivity index (χ0v) is 16.9. The molecule has 2 aromatic carbocycles. The van der Waals surface area contributed by atoms with Crippen molar-refractivity contribution in [3.63, 3.8) is 0 Å². The Morgan fingerprint density at radius 1 is 1.11 bits per heavy atom. The fraction of sp³-hybridized carbons (Fsp3) is 0.350. The van der Waals surface area contributed by atoms with Crippen LogP contribution in [-0.2, 0) is 10.0 Å². The second kappa shape index (κ2) is 8.20. The van der Waals surface area contributed by atoms with E-state index in [9.17, 15) is 13.2 Å². The predicted octanol–water partition coefficient (Wildman–Crippen LogP) is 2.00. The van der Waals surface area contributed by atoms with Crippen LogP contribution in [0.25, 0.3) is 0 Å². The van der Waals surface area contributed by atoms with E-state index >= 15 is 0 Å². The van der Waals surface area contributed by atoms with Crippen molar-refractivity contribution in [3.05, 3.63) is 53.6 Å². The van der Waals surface area contributed by atoms with Gasteiger partial charge in [0.15, 0.2) is 0 Å². The van der Waals surface area contributed by atoms with Crippen molar-refractivity contribution in [2.24, 2.45) is 5.14 Å². The smallest absolute Gasteiger partial charge is 0.254 e. The molecule has 2 N–H and O–H groups in total. The molecule has 7 nitrogen and oxygen atoms in total. The molecule has 0 saturated carbocycles. The van der Waals surface area contributed by atoms with Gasteiger partial charge in [-0.2, -0.15) is 0 Å². The van der Waals surface area contributed by atoms with Gasteiger partial charge in [0, 0.05) is 31.7 Å². The number of rotatable bonds is 5. The Kier molecular flexibility index (Phi) is 5.90. The monoisotopic (exact) mass is 403 g/mol. The number of hydrogen-bond acceptors (Lipinski definition) is 5. The highest BCUT2D eigenvalue weighted by atomic mass is 32.2. The van der Waals surface area contributed by atoms with Crippen LogP contribution in [0.2, 0.25) is 0 Å². The number of carbonyl (C=O) groups is 1. The van der Waals surface area contributed by atoms with Crippen molar-refractivity contribution in [1.29, 1.82) is 0 Å². The van der Waals surface area contributed by atoms with E-state index in [1.54, 1.807) is 24.0 Å². The van der Waals surface area contributed by atoms with Crippen molar-refractivity contribution in [2.45, 2.75) is 18.7 Å². The van der Waals surface area contributed by atoms with Gasteiger partial charge in [0.25, 0.3) is 5.91 Å². The minimum Gasteiger partial charge on any atom is -0.492 e. The Balaban J connectivity index is 1.73. The molecular formula is C20H25N3O4S. The van der Waals surface area contributed by atoms with Crippen molar-refractivity contribution in [3.8, 4) is 5.75 Å². The summed E-state index contributed by atoms with van der Waals surface area (Å²) in [5, 5.41) is 5.26. The first kappa shape index (κ1) is 20.2. The molecule has 0 spiro atoms. The van der Waals surface area contributed by atoms with Crippen molar-refractivity contribution in [1.82, 2.24) is 4.90 Å². The van der Waals surface area contributed by atoms with Gasteiger partial charge in [-0.1, -0.05) is 18.2 Å². The number of para-hydroxylation sites is 2. The van der Waals surface area contributed by atoms with Crippen LogP contribution in [0.5, 0.6) is 5.75 Å². The summed E-state index contributed by atoms with van der Waals surface area (Å²) in [6.45, 7) is 6.62. The summed E-state index contributed by atoms with van der Waals surface area (Å²) in [5.74, 6) is 0.642. The maximum atomic E-state index is 12.8. The maximum absolute atomic E-state index is 12.8. The lowest BCUT2D eigenvalue weighted by Gasteiger charge is -2.36. The number of ether oxygens (including phenoxy) is 1. The number of nitrogens with two attached hydrogens (primary N) is 1. The van der Waals surface area contributed by atoms with Crippen molar-refractivity contribution >= 4 is 21.6 Å². The molecule has 28 heavy (non-hydrogen) atoms. The lowest BCUT2D eigenvalue weighted by molar-refractivity contribution is 0.0746. The van der Waals surface area contributed by atoms with E-state index in [0.717, 1.165) is 11.4 Å². The van der Waals surface area contributed by atoms with Gasteiger partial charge < -0.3 is 14.5 Å². The predicted molar refractivity (Wildman–Crippen MR) is 108 cm³/mol. The summed E-state index contributed by atoms with van der Waals surface area (Å²) < 4.78 is 29.1. The van der Waals surface area contributed by atoms with Gasteiger partial charge in [0.05, 0.1) is 17.2 Å². The minimum atomic E-state index is -3.87. The number of aryl methyl sites for hydroxylation is 1. The first-order valence-corrected chi connectivity index (χ1v) is 10.8. The number of anilines is 1. The van der Waals surface area contributed by atoms with E-state index in [-0.39, 0.29) is 10.8 Å². The summed E-state index contributed by atoms with van der Waals surface area (Å²) in [4.78, 5) is 16.8. The molecule has 0 unspecified atom stereocenters. The highest BCUT2D eigenvalue weighted by Crippen LogP contribution is 2.29. The first-order chi connectivity index (χ1) is 13.3. The van der Waals surface area contributed by atoms with Gasteiger partial charge in [0.1, 0.15) is 5.75 Å². The number of carbonyl (C=O) groups excluding carboxylic acids is 1. The summed E-state index contributed by atoms with van der Waals surface area (Å²) in [6.07, 6.45) is 0. The number of benzene rings is 2. The lowest BCUT2D eigenvalue weighted by atomic mass is 10.1. The highest BCUT2D eigenvalue weighted by Gasteiger charge is 2.25. The molecule has 0 aromatic heterocycles. The number of amides is 1. The van der Waals surface area contributed by atoms with E-state index in [2.05, 4.69) is 4.90 Å². The molecule has 3 rings (SSSR count). The molecule has 150 valence electrons. The molecule has 2 aromatic rings. The van der Waals surface area contributed by atoms with E-state index in [4.69, 9.17) is 9.88 Å². The second-order valence-corrected chi connectivity index (χ2v) is 8.24. The number of hydrogen-bond donors (Lipinski definition) is 1. The first-order valence-electron chi connectivity index (χ1n) is 9.20. The van der Waals surface area contributed by atoms with Crippen molar-refractivity contribution in [2.75, 3.05) is 37.7 Å². The average Bonchev–Trinajstić information content (AvgIpc) is 2.68. The highest BCUT2D eigenvalue weighted by molar-refractivity contribution is 7.89. The van der Waals surface area contributed by atoms with E-state index in [0.29, 0.717) is 43.9 Å². The number of nitrogens with zero attached hydrogens (tertiary/aromatic N) is 2. The van der Waals surface area contributed by atoms with Crippen LogP contribution in [0.1, 0.15) is 22.8 Å². The summed E-state index contributed by atoms with van der Waals surface area (Å²) in [6, 6.07) is 12.5. The van der Waals surface area contributed by atoms with Gasteiger partial charge in [-0.25, -0.2) is 13.6 Å². The molecule has 1 amide bonds. The maximum Gasteiger partial charge on any atom is 0.254 e. The van der Waals surface area contributed by atoms with Crippen LogP contribution < -0.4 is 14.8 Å².